The van der Waals surface area contributed by atoms with E-state index in [-0.39, 0.29) is 0 Å². The lowest BCUT2D eigenvalue weighted by molar-refractivity contribution is 0.230. The molecule has 0 heteroatoms. The summed E-state index contributed by atoms with van der Waals surface area (Å²) in [6.45, 7) is 11.0. The Morgan fingerprint density at radius 3 is 2.27 bits per heavy atom. The second kappa shape index (κ2) is 3.42. The second-order valence-electron chi connectivity index (χ2n) is 4.31. The molecular weight excluding hydrogens is 132 g/mol. The highest BCUT2D eigenvalue weighted by Crippen LogP contribution is 2.36. The number of hydrogen-bond acceptors (Lipinski definition) is 0. The maximum absolute atomic E-state index is 4.04. The third kappa shape index (κ3) is 2.08. The summed E-state index contributed by atoms with van der Waals surface area (Å²) in [5.41, 5.74) is 1.39. The largest absolute Gasteiger partial charge is 0.0999 e. The van der Waals surface area contributed by atoms with Crippen molar-refractivity contribution < 1.29 is 0 Å². The van der Waals surface area contributed by atoms with E-state index in [1.54, 1.807) is 0 Å². The molecule has 0 N–H and O–H groups in total. The molecule has 1 saturated carbocycles. The van der Waals surface area contributed by atoms with Crippen LogP contribution in [0.2, 0.25) is 0 Å². The second-order valence-corrected chi connectivity index (χ2v) is 4.31. The van der Waals surface area contributed by atoms with E-state index in [1.807, 2.05) is 0 Å². The highest BCUT2D eigenvalue weighted by atomic mass is 14.3. The monoisotopic (exact) mass is 152 g/mol. The third-order valence-electron chi connectivity index (χ3n) is 3.30. The molecule has 0 saturated heterocycles. The number of rotatable bonds is 1. The first-order chi connectivity index (χ1) is 5.11. The Bertz CT molecular complexity index is 146. The Kier molecular flexibility index (Phi) is 2.75. The molecule has 0 aromatic heterocycles. The SMILES string of the molecule is C=C(C)[C@@H]1CCC(C)[C@H](C)C1. The van der Waals surface area contributed by atoms with E-state index in [2.05, 4.69) is 27.4 Å². The van der Waals surface area contributed by atoms with E-state index in [4.69, 9.17) is 0 Å². The number of allylic oxidation sites excluding steroid dienone is 1. The minimum Gasteiger partial charge on any atom is -0.0999 e. The summed E-state index contributed by atoms with van der Waals surface area (Å²) in [4.78, 5) is 0. The molecule has 0 amide bonds. The lowest BCUT2D eigenvalue weighted by Gasteiger charge is -2.32. The summed E-state index contributed by atoms with van der Waals surface area (Å²) < 4.78 is 0. The van der Waals surface area contributed by atoms with E-state index < -0.39 is 0 Å². The minimum absolute atomic E-state index is 0.821. The van der Waals surface area contributed by atoms with Crippen LogP contribution in [0.4, 0.5) is 0 Å². The maximum atomic E-state index is 4.04. The van der Waals surface area contributed by atoms with Gasteiger partial charge in [0.1, 0.15) is 0 Å². The molecule has 1 fully saturated rings. The van der Waals surface area contributed by atoms with E-state index in [0.717, 1.165) is 17.8 Å². The van der Waals surface area contributed by atoms with Crippen molar-refractivity contribution in [3.63, 3.8) is 0 Å². The van der Waals surface area contributed by atoms with Crippen molar-refractivity contribution in [3.05, 3.63) is 12.2 Å². The van der Waals surface area contributed by atoms with Crippen molar-refractivity contribution >= 4 is 0 Å². The summed E-state index contributed by atoms with van der Waals surface area (Å²) in [7, 11) is 0. The Labute approximate surface area is 70.7 Å². The van der Waals surface area contributed by atoms with Crippen molar-refractivity contribution in [1.82, 2.24) is 0 Å². The van der Waals surface area contributed by atoms with Gasteiger partial charge in [0.15, 0.2) is 0 Å². The van der Waals surface area contributed by atoms with Gasteiger partial charge >= 0.3 is 0 Å². The van der Waals surface area contributed by atoms with Gasteiger partial charge in [0.2, 0.25) is 0 Å². The van der Waals surface area contributed by atoms with Crippen LogP contribution >= 0.6 is 0 Å². The van der Waals surface area contributed by atoms with Crippen LogP contribution in [-0.4, -0.2) is 0 Å². The van der Waals surface area contributed by atoms with Crippen LogP contribution in [0.3, 0.4) is 0 Å². The molecule has 0 aromatic rings. The molecule has 0 aliphatic heterocycles. The molecule has 1 unspecified atom stereocenters. The molecule has 64 valence electrons. The van der Waals surface area contributed by atoms with Crippen LogP contribution in [0.25, 0.3) is 0 Å². The Balaban J connectivity index is 2.46. The number of hydrogen-bond donors (Lipinski definition) is 0. The molecule has 0 spiro atoms. The van der Waals surface area contributed by atoms with Gasteiger partial charge in [-0.25, -0.2) is 0 Å². The van der Waals surface area contributed by atoms with Crippen LogP contribution in [-0.2, 0) is 0 Å². The van der Waals surface area contributed by atoms with Gasteiger partial charge in [0.25, 0.3) is 0 Å². The van der Waals surface area contributed by atoms with E-state index in [1.165, 1.54) is 24.8 Å². The van der Waals surface area contributed by atoms with Gasteiger partial charge in [-0.1, -0.05) is 26.0 Å². The molecule has 11 heavy (non-hydrogen) atoms. The third-order valence-corrected chi connectivity index (χ3v) is 3.30. The summed E-state index contributed by atoms with van der Waals surface area (Å²) in [5.74, 6) is 2.66. The first kappa shape index (κ1) is 8.83. The van der Waals surface area contributed by atoms with Gasteiger partial charge in [-0.3, -0.25) is 0 Å². The fraction of sp³-hybridized carbons (Fsp3) is 0.818. The van der Waals surface area contributed by atoms with Crippen molar-refractivity contribution in [2.75, 3.05) is 0 Å². The van der Waals surface area contributed by atoms with E-state index in [9.17, 15) is 0 Å². The van der Waals surface area contributed by atoms with Crippen LogP contribution in [0.5, 0.6) is 0 Å². The van der Waals surface area contributed by atoms with Gasteiger partial charge in [-0.2, -0.15) is 0 Å². The van der Waals surface area contributed by atoms with Crippen LogP contribution in [0.1, 0.15) is 40.0 Å². The first-order valence-electron chi connectivity index (χ1n) is 4.76. The zero-order valence-corrected chi connectivity index (χ0v) is 8.06. The quantitative estimate of drug-likeness (QED) is 0.503. The smallest absolute Gasteiger partial charge is 0.0206 e. The highest BCUT2D eigenvalue weighted by molar-refractivity contribution is 4.98. The molecule has 0 bridgehead atoms. The van der Waals surface area contributed by atoms with Crippen LogP contribution in [0.15, 0.2) is 12.2 Å². The molecule has 0 heterocycles. The maximum Gasteiger partial charge on any atom is -0.0206 e. The van der Waals surface area contributed by atoms with Gasteiger partial charge in [-0.05, 0) is 43.9 Å². The summed E-state index contributed by atoms with van der Waals surface area (Å²) in [5, 5.41) is 0. The Morgan fingerprint density at radius 1 is 1.18 bits per heavy atom. The average molecular weight is 152 g/mol. The van der Waals surface area contributed by atoms with Crippen LogP contribution in [0, 0.1) is 17.8 Å². The van der Waals surface area contributed by atoms with E-state index in [0.29, 0.717) is 0 Å². The van der Waals surface area contributed by atoms with Crippen molar-refractivity contribution in [2.24, 2.45) is 17.8 Å². The molecule has 1 aliphatic carbocycles. The van der Waals surface area contributed by atoms with Gasteiger partial charge in [-0.15, -0.1) is 0 Å². The Hall–Kier alpha value is -0.260. The normalized spacial score (nSPS) is 38.6. The average Bonchev–Trinajstić information content (AvgIpc) is 1.94. The Morgan fingerprint density at radius 2 is 1.82 bits per heavy atom. The molecular formula is C11H20. The van der Waals surface area contributed by atoms with Crippen molar-refractivity contribution in [2.45, 2.75) is 40.0 Å². The summed E-state index contributed by atoms with van der Waals surface area (Å²) in [6.07, 6.45) is 4.15. The van der Waals surface area contributed by atoms with E-state index >= 15 is 0 Å². The van der Waals surface area contributed by atoms with Gasteiger partial charge in [0, 0.05) is 0 Å². The molecule has 0 nitrogen and oxygen atoms in total. The molecule has 0 aromatic carbocycles. The molecule has 1 aliphatic rings. The standard InChI is InChI=1S/C11H20/c1-8(2)11-6-5-9(3)10(4)7-11/h9-11H,1,5-7H2,2-4H3/t9?,10-,11-/m1/s1. The molecule has 3 atom stereocenters. The zero-order chi connectivity index (χ0) is 8.43. The predicted octanol–water partition coefficient (Wildman–Crippen LogP) is 3.63. The topological polar surface area (TPSA) is 0 Å². The fourth-order valence-corrected chi connectivity index (χ4v) is 2.00. The lowest BCUT2D eigenvalue weighted by Crippen LogP contribution is -2.20. The first-order valence-corrected chi connectivity index (χ1v) is 4.76. The molecule has 0 radical (unpaired) electrons. The van der Waals surface area contributed by atoms with Gasteiger partial charge in [0.05, 0.1) is 0 Å². The van der Waals surface area contributed by atoms with Crippen molar-refractivity contribution in [1.29, 1.82) is 0 Å². The lowest BCUT2D eigenvalue weighted by atomic mass is 9.74. The van der Waals surface area contributed by atoms with Crippen molar-refractivity contribution in [3.8, 4) is 0 Å². The van der Waals surface area contributed by atoms with Crippen LogP contribution < -0.4 is 0 Å². The van der Waals surface area contributed by atoms with Gasteiger partial charge < -0.3 is 0 Å². The fourth-order valence-electron chi connectivity index (χ4n) is 2.00. The molecule has 1 rings (SSSR count). The zero-order valence-electron chi connectivity index (χ0n) is 8.06. The minimum atomic E-state index is 0.821. The summed E-state index contributed by atoms with van der Waals surface area (Å²) in [6, 6.07) is 0. The summed E-state index contributed by atoms with van der Waals surface area (Å²) >= 11 is 0. The highest BCUT2D eigenvalue weighted by Gasteiger charge is 2.24. The predicted molar refractivity (Wildman–Crippen MR) is 50.5 cm³/mol.